The van der Waals surface area contributed by atoms with Gasteiger partial charge >= 0.3 is 0 Å². The van der Waals surface area contributed by atoms with Crippen LogP contribution in [0.25, 0.3) is 22.0 Å². The zero-order valence-electron chi connectivity index (χ0n) is 17.5. The number of sulfonamides is 1. The van der Waals surface area contributed by atoms with Gasteiger partial charge in [0.2, 0.25) is 10.0 Å². The quantitative estimate of drug-likeness (QED) is 0.493. The summed E-state index contributed by atoms with van der Waals surface area (Å²) in [6.07, 6.45) is 6.70. The van der Waals surface area contributed by atoms with E-state index in [-0.39, 0.29) is 11.8 Å². The van der Waals surface area contributed by atoms with Gasteiger partial charge in [-0.15, -0.1) is 0 Å². The molecule has 1 aliphatic rings. The summed E-state index contributed by atoms with van der Waals surface area (Å²) in [5.41, 5.74) is 4.21. The highest BCUT2D eigenvalue weighted by Gasteiger charge is 2.37. The lowest BCUT2D eigenvalue weighted by Gasteiger charge is -2.21. The number of fused-ring (bicyclic) bond motifs is 1. The monoisotopic (exact) mass is 434 g/mol. The molecule has 0 saturated carbocycles. The van der Waals surface area contributed by atoms with Crippen LogP contribution in [0.4, 0.5) is 0 Å². The molecular weight excluding hydrogens is 408 g/mol. The van der Waals surface area contributed by atoms with E-state index in [0.717, 1.165) is 29.7 Å². The number of benzene rings is 2. The summed E-state index contributed by atoms with van der Waals surface area (Å²) < 4.78 is 30.0. The third-order valence-electron chi connectivity index (χ3n) is 6.21. The van der Waals surface area contributed by atoms with Gasteiger partial charge in [-0.3, -0.25) is 5.10 Å². The fourth-order valence-electron chi connectivity index (χ4n) is 4.72. The van der Waals surface area contributed by atoms with E-state index < -0.39 is 10.0 Å². The Hall–Kier alpha value is -2.90. The molecule has 1 N–H and O–H groups in total. The van der Waals surface area contributed by atoms with Gasteiger partial charge in [-0.25, -0.2) is 8.42 Å². The number of hydrogen-bond acceptors (Lipinski definition) is 3. The van der Waals surface area contributed by atoms with Crippen LogP contribution in [0.2, 0.25) is 0 Å². The minimum absolute atomic E-state index is 0.0215. The summed E-state index contributed by atoms with van der Waals surface area (Å²) in [6, 6.07) is 18.0. The SMILES string of the molecule is C[C@@H]1CC(Cn2ccc3cc(-c4cn[nH]c4)ccc32)CN1S(=O)(=O)Cc1ccccc1. The zero-order valence-corrected chi connectivity index (χ0v) is 18.3. The predicted octanol–water partition coefficient (Wildman–Crippen LogP) is 4.27. The minimum atomic E-state index is -3.33. The van der Waals surface area contributed by atoms with Gasteiger partial charge < -0.3 is 4.57 Å². The molecule has 0 radical (unpaired) electrons. The van der Waals surface area contributed by atoms with Gasteiger partial charge in [0.15, 0.2) is 0 Å². The lowest BCUT2D eigenvalue weighted by atomic mass is 10.1. The van der Waals surface area contributed by atoms with Crippen LogP contribution in [-0.2, 0) is 22.3 Å². The van der Waals surface area contributed by atoms with Crippen molar-refractivity contribution < 1.29 is 8.42 Å². The van der Waals surface area contributed by atoms with Crippen LogP contribution < -0.4 is 0 Å². The third kappa shape index (κ3) is 4.03. The first-order valence-corrected chi connectivity index (χ1v) is 12.2. The van der Waals surface area contributed by atoms with Crippen molar-refractivity contribution >= 4 is 20.9 Å². The van der Waals surface area contributed by atoms with Crippen LogP contribution in [0.5, 0.6) is 0 Å². The first-order valence-electron chi connectivity index (χ1n) is 10.6. The first-order chi connectivity index (χ1) is 15.0. The molecule has 1 unspecified atom stereocenters. The Labute approximate surface area is 182 Å². The van der Waals surface area contributed by atoms with E-state index in [1.54, 1.807) is 4.31 Å². The minimum Gasteiger partial charge on any atom is -0.347 e. The Morgan fingerprint density at radius 3 is 2.71 bits per heavy atom. The molecule has 31 heavy (non-hydrogen) atoms. The molecule has 5 rings (SSSR count). The fourth-order valence-corrected chi connectivity index (χ4v) is 6.57. The Morgan fingerprint density at radius 1 is 1.10 bits per heavy atom. The van der Waals surface area contributed by atoms with Gasteiger partial charge in [-0.2, -0.15) is 9.40 Å². The van der Waals surface area contributed by atoms with Gasteiger partial charge in [-0.1, -0.05) is 36.4 Å². The lowest BCUT2D eigenvalue weighted by molar-refractivity contribution is 0.399. The molecular formula is C24H26N4O2S. The van der Waals surface area contributed by atoms with E-state index >= 15 is 0 Å². The summed E-state index contributed by atoms with van der Waals surface area (Å²) in [7, 11) is -3.33. The van der Waals surface area contributed by atoms with Gasteiger partial charge in [-0.05, 0) is 48.6 Å². The number of aromatic amines is 1. The first kappa shape index (κ1) is 20.0. The van der Waals surface area contributed by atoms with Crippen molar-refractivity contribution in [3.8, 4) is 11.1 Å². The molecule has 6 nitrogen and oxygen atoms in total. The molecule has 2 atom stereocenters. The van der Waals surface area contributed by atoms with Crippen molar-refractivity contribution in [3.63, 3.8) is 0 Å². The Morgan fingerprint density at radius 2 is 1.94 bits per heavy atom. The van der Waals surface area contributed by atoms with Crippen LogP contribution in [-0.4, -0.2) is 40.1 Å². The smallest absolute Gasteiger partial charge is 0.218 e. The van der Waals surface area contributed by atoms with Gasteiger partial charge in [0.25, 0.3) is 0 Å². The Bertz CT molecular complexity index is 1280. The number of H-pyrrole nitrogens is 1. The van der Waals surface area contributed by atoms with E-state index in [1.807, 2.05) is 49.6 Å². The normalized spacial score (nSPS) is 19.9. The maximum Gasteiger partial charge on any atom is 0.218 e. The maximum absolute atomic E-state index is 13.0. The summed E-state index contributed by atoms with van der Waals surface area (Å²) in [4.78, 5) is 0. The van der Waals surface area contributed by atoms with E-state index in [0.29, 0.717) is 12.5 Å². The molecule has 1 fully saturated rings. The number of hydrogen-bond donors (Lipinski definition) is 1. The number of nitrogens with one attached hydrogen (secondary N) is 1. The fraction of sp³-hybridized carbons (Fsp3) is 0.292. The van der Waals surface area contributed by atoms with Crippen LogP contribution >= 0.6 is 0 Å². The molecule has 1 aliphatic heterocycles. The summed E-state index contributed by atoms with van der Waals surface area (Å²) in [6.45, 7) is 3.41. The molecule has 7 heteroatoms. The zero-order chi connectivity index (χ0) is 21.4. The highest BCUT2D eigenvalue weighted by molar-refractivity contribution is 7.88. The van der Waals surface area contributed by atoms with Crippen molar-refractivity contribution in [2.45, 2.75) is 31.7 Å². The maximum atomic E-state index is 13.0. The lowest BCUT2D eigenvalue weighted by Crippen LogP contribution is -2.35. The van der Waals surface area contributed by atoms with Crippen molar-refractivity contribution in [2.24, 2.45) is 5.92 Å². The Kier molecular flexibility index (Phi) is 5.16. The second kappa shape index (κ2) is 7.98. The standard InChI is InChI=1S/C24H26N4O2S/c1-18-11-20(16-28(18)31(29,30)17-19-5-3-2-4-6-19)15-27-10-9-22-12-21(7-8-24(22)27)23-13-25-26-14-23/h2-10,12-14,18,20H,11,15-17H2,1H3,(H,25,26)/t18-,20?/m1/s1. The average molecular weight is 435 g/mol. The van der Waals surface area contributed by atoms with E-state index in [1.165, 1.54) is 10.9 Å². The van der Waals surface area contributed by atoms with Crippen molar-refractivity contribution in [3.05, 3.63) is 78.8 Å². The van der Waals surface area contributed by atoms with Gasteiger partial charge in [0, 0.05) is 48.0 Å². The molecule has 2 aromatic carbocycles. The molecule has 2 aromatic heterocycles. The van der Waals surface area contributed by atoms with Crippen LogP contribution in [0.15, 0.2) is 73.2 Å². The van der Waals surface area contributed by atoms with E-state index in [4.69, 9.17) is 0 Å². The number of rotatable bonds is 6. The van der Waals surface area contributed by atoms with Crippen molar-refractivity contribution in [2.75, 3.05) is 6.54 Å². The molecule has 0 spiro atoms. The van der Waals surface area contributed by atoms with Crippen molar-refractivity contribution in [1.82, 2.24) is 19.1 Å². The molecule has 0 bridgehead atoms. The van der Waals surface area contributed by atoms with Crippen LogP contribution in [0.3, 0.4) is 0 Å². The topological polar surface area (TPSA) is 71.0 Å². The molecule has 3 heterocycles. The molecule has 0 aliphatic carbocycles. The second-order valence-corrected chi connectivity index (χ2v) is 10.4. The summed E-state index contributed by atoms with van der Waals surface area (Å²) >= 11 is 0. The highest BCUT2D eigenvalue weighted by Crippen LogP contribution is 2.31. The van der Waals surface area contributed by atoms with E-state index in [2.05, 4.69) is 45.2 Å². The second-order valence-electron chi connectivity index (χ2n) is 8.49. The van der Waals surface area contributed by atoms with Crippen LogP contribution in [0, 0.1) is 5.92 Å². The summed E-state index contributed by atoms with van der Waals surface area (Å²) in [5.74, 6) is 0.360. The van der Waals surface area contributed by atoms with Gasteiger partial charge in [0.05, 0.1) is 11.9 Å². The molecule has 4 aromatic rings. The van der Waals surface area contributed by atoms with Gasteiger partial charge in [0.1, 0.15) is 0 Å². The number of nitrogens with zero attached hydrogens (tertiary/aromatic N) is 3. The predicted molar refractivity (Wildman–Crippen MR) is 123 cm³/mol. The summed E-state index contributed by atoms with van der Waals surface area (Å²) in [5, 5.41) is 8.06. The molecule has 1 saturated heterocycles. The van der Waals surface area contributed by atoms with E-state index in [9.17, 15) is 8.42 Å². The van der Waals surface area contributed by atoms with Crippen LogP contribution in [0.1, 0.15) is 18.9 Å². The average Bonchev–Trinajstić information content (AvgIpc) is 3.49. The highest BCUT2D eigenvalue weighted by atomic mass is 32.2. The number of aromatic nitrogens is 3. The molecule has 160 valence electrons. The molecule has 0 amide bonds. The largest absolute Gasteiger partial charge is 0.347 e. The van der Waals surface area contributed by atoms with Crippen molar-refractivity contribution in [1.29, 1.82) is 0 Å². The third-order valence-corrected chi connectivity index (χ3v) is 8.13. The Balaban J connectivity index is 1.31.